The largest absolute Gasteiger partial charge is 0.304 e. The van der Waals surface area contributed by atoms with Gasteiger partial charge in [0.25, 0.3) is 0 Å². The lowest BCUT2D eigenvalue weighted by Crippen LogP contribution is -2.07. The highest BCUT2D eigenvalue weighted by Crippen LogP contribution is 2.01. The van der Waals surface area contributed by atoms with Crippen molar-refractivity contribution >= 4 is 0 Å². The van der Waals surface area contributed by atoms with Crippen LogP contribution in [0.5, 0.6) is 0 Å². The van der Waals surface area contributed by atoms with Crippen LogP contribution in [0.1, 0.15) is 11.4 Å². The highest BCUT2D eigenvalue weighted by molar-refractivity contribution is 5.08. The van der Waals surface area contributed by atoms with Gasteiger partial charge in [0.15, 0.2) is 0 Å². The standard InChI is InChI=1S/C7H13N3O/c1-6-5-7(3-4-11-8)10(2)9-6/h5H,3-4,8H2,1-2H3. The summed E-state index contributed by atoms with van der Waals surface area (Å²) in [5.74, 6) is 4.90. The van der Waals surface area contributed by atoms with Crippen LogP contribution in [0, 0.1) is 6.92 Å². The summed E-state index contributed by atoms with van der Waals surface area (Å²) in [6, 6.07) is 2.03. The molecule has 1 heterocycles. The smallest absolute Gasteiger partial charge is 0.0734 e. The molecule has 1 rings (SSSR count). The molecule has 0 aliphatic carbocycles. The van der Waals surface area contributed by atoms with Crippen molar-refractivity contribution in [1.82, 2.24) is 9.78 Å². The van der Waals surface area contributed by atoms with Crippen LogP contribution in [0.15, 0.2) is 6.07 Å². The van der Waals surface area contributed by atoms with Crippen LogP contribution in [0.4, 0.5) is 0 Å². The third-order valence-corrected chi connectivity index (χ3v) is 1.57. The van der Waals surface area contributed by atoms with Crippen LogP contribution < -0.4 is 5.90 Å². The summed E-state index contributed by atoms with van der Waals surface area (Å²) in [6.07, 6.45) is 0.813. The molecule has 0 aliphatic heterocycles. The summed E-state index contributed by atoms with van der Waals surface area (Å²) in [5, 5.41) is 4.18. The quantitative estimate of drug-likeness (QED) is 0.633. The molecule has 0 spiro atoms. The van der Waals surface area contributed by atoms with Gasteiger partial charge in [-0.2, -0.15) is 5.10 Å². The van der Waals surface area contributed by atoms with E-state index in [4.69, 9.17) is 5.90 Å². The molecule has 0 radical (unpaired) electrons. The minimum atomic E-state index is 0.541. The molecule has 0 aromatic carbocycles. The Kier molecular flexibility index (Phi) is 2.62. The van der Waals surface area contributed by atoms with Crippen LogP contribution in [0.3, 0.4) is 0 Å². The van der Waals surface area contributed by atoms with Crippen molar-refractivity contribution < 1.29 is 4.84 Å². The average molecular weight is 155 g/mol. The van der Waals surface area contributed by atoms with Crippen molar-refractivity contribution in [3.8, 4) is 0 Å². The van der Waals surface area contributed by atoms with Gasteiger partial charge in [0, 0.05) is 19.2 Å². The molecule has 62 valence electrons. The third-order valence-electron chi connectivity index (χ3n) is 1.57. The van der Waals surface area contributed by atoms with Crippen molar-refractivity contribution in [2.45, 2.75) is 13.3 Å². The Morgan fingerprint density at radius 1 is 1.73 bits per heavy atom. The highest BCUT2D eigenvalue weighted by atomic mass is 16.6. The van der Waals surface area contributed by atoms with E-state index in [0.29, 0.717) is 6.61 Å². The fraction of sp³-hybridized carbons (Fsp3) is 0.571. The van der Waals surface area contributed by atoms with Crippen molar-refractivity contribution in [2.24, 2.45) is 12.9 Å². The SMILES string of the molecule is Cc1cc(CCON)n(C)n1. The fourth-order valence-electron chi connectivity index (χ4n) is 1.06. The van der Waals surface area contributed by atoms with Gasteiger partial charge in [-0.1, -0.05) is 0 Å². The number of rotatable bonds is 3. The number of aromatic nitrogens is 2. The minimum absolute atomic E-state index is 0.541. The van der Waals surface area contributed by atoms with Crippen LogP contribution in [0.2, 0.25) is 0 Å². The molecule has 0 bridgehead atoms. The second-order valence-corrected chi connectivity index (χ2v) is 2.52. The van der Waals surface area contributed by atoms with Gasteiger partial charge in [-0.05, 0) is 13.0 Å². The van der Waals surface area contributed by atoms with E-state index in [-0.39, 0.29) is 0 Å². The Labute approximate surface area is 65.9 Å². The van der Waals surface area contributed by atoms with Crippen molar-refractivity contribution in [3.63, 3.8) is 0 Å². The molecule has 0 amide bonds. The first kappa shape index (κ1) is 8.23. The molecule has 11 heavy (non-hydrogen) atoms. The topological polar surface area (TPSA) is 53.1 Å². The van der Waals surface area contributed by atoms with E-state index >= 15 is 0 Å². The monoisotopic (exact) mass is 155 g/mol. The summed E-state index contributed by atoms with van der Waals surface area (Å²) in [6.45, 7) is 2.51. The maximum absolute atomic E-state index is 4.90. The predicted molar refractivity (Wildman–Crippen MR) is 41.8 cm³/mol. The number of nitrogens with zero attached hydrogens (tertiary/aromatic N) is 2. The average Bonchev–Trinajstić information content (AvgIpc) is 2.26. The van der Waals surface area contributed by atoms with Gasteiger partial charge in [0.05, 0.1) is 12.3 Å². The Bertz CT molecular complexity index is 232. The third kappa shape index (κ3) is 2.03. The van der Waals surface area contributed by atoms with Crippen LogP contribution in [0.25, 0.3) is 0 Å². The predicted octanol–water partition coefficient (Wildman–Crippen LogP) is 0.161. The molecule has 1 aromatic rings. The Balaban J connectivity index is 2.62. The molecule has 0 atom stereocenters. The summed E-state index contributed by atoms with van der Waals surface area (Å²) in [4.78, 5) is 4.47. The summed E-state index contributed by atoms with van der Waals surface area (Å²) in [7, 11) is 1.92. The van der Waals surface area contributed by atoms with Crippen molar-refractivity contribution in [3.05, 3.63) is 17.5 Å². The molecule has 4 heteroatoms. The first-order valence-corrected chi connectivity index (χ1v) is 3.55. The van der Waals surface area contributed by atoms with E-state index in [0.717, 1.165) is 17.8 Å². The second kappa shape index (κ2) is 3.50. The van der Waals surface area contributed by atoms with Crippen molar-refractivity contribution in [2.75, 3.05) is 6.61 Å². The first-order valence-electron chi connectivity index (χ1n) is 3.55. The molecule has 4 nitrogen and oxygen atoms in total. The number of nitrogens with two attached hydrogens (primary N) is 1. The van der Waals surface area contributed by atoms with Crippen LogP contribution >= 0.6 is 0 Å². The minimum Gasteiger partial charge on any atom is -0.304 e. The van der Waals surface area contributed by atoms with E-state index < -0.39 is 0 Å². The zero-order valence-electron chi connectivity index (χ0n) is 6.87. The summed E-state index contributed by atoms with van der Waals surface area (Å²) < 4.78 is 1.84. The second-order valence-electron chi connectivity index (χ2n) is 2.52. The lowest BCUT2D eigenvalue weighted by molar-refractivity contribution is 0.140. The lowest BCUT2D eigenvalue weighted by atomic mass is 10.3. The maximum atomic E-state index is 4.90. The summed E-state index contributed by atoms with van der Waals surface area (Å²) >= 11 is 0. The molecule has 0 saturated heterocycles. The molecular formula is C7H13N3O. The molecule has 1 aromatic heterocycles. The van der Waals surface area contributed by atoms with E-state index in [1.165, 1.54) is 0 Å². The molecule has 0 aliphatic rings. The van der Waals surface area contributed by atoms with Gasteiger partial charge in [0.1, 0.15) is 0 Å². The van der Waals surface area contributed by atoms with Gasteiger partial charge in [-0.25, -0.2) is 5.90 Å². The lowest BCUT2D eigenvalue weighted by Gasteiger charge is -1.98. The first-order chi connectivity index (χ1) is 5.24. The maximum Gasteiger partial charge on any atom is 0.0734 e. The van der Waals surface area contributed by atoms with Crippen LogP contribution in [-0.2, 0) is 18.3 Å². The van der Waals surface area contributed by atoms with Gasteiger partial charge in [0.2, 0.25) is 0 Å². The number of hydrogen-bond acceptors (Lipinski definition) is 3. The molecular weight excluding hydrogens is 142 g/mol. The zero-order chi connectivity index (χ0) is 8.27. The summed E-state index contributed by atoms with van der Waals surface area (Å²) in [5.41, 5.74) is 2.17. The Morgan fingerprint density at radius 3 is 2.91 bits per heavy atom. The van der Waals surface area contributed by atoms with E-state index in [1.54, 1.807) is 0 Å². The van der Waals surface area contributed by atoms with E-state index in [9.17, 15) is 0 Å². The van der Waals surface area contributed by atoms with Gasteiger partial charge >= 0.3 is 0 Å². The molecule has 0 unspecified atom stereocenters. The van der Waals surface area contributed by atoms with Gasteiger partial charge < -0.3 is 4.84 Å². The van der Waals surface area contributed by atoms with E-state index in [1.807, 2.05) is 24.7 Å². The molecule has 0 fully saturated rings. The van der Waals surface area contributed by atoms with Gasteiger partial charge in [-0.15, -0.1) is 0 Å². The number of hydrogen-bond donors (Lipinski definition) is 1. The molecule has 0 saturated carbocycles. The Morgan fingerprint density at radius 2 is 2.45 bits per heavy atom. The highest BCUT2D eigenvalue weighted by Gasteiger charge is 2.00. The number of aryl methyl sites for hydroxylation is 2. The molecule has 2 N–H and O–H groups in total. The van der Waals surface area contributed by atoms with Gasteiger partial charge in [-0.3, -0.25) is 4.68 Å². The van der Waals surface area contributed by atoms with Crippen LogP contribution in [-0.4, -0.2) is 16.4 Å². The van der Waals surface area contributed by atoms with Crippen molar-refractivity contribution in [1.29, 1.82) is 0 Å². The van der Waals surface area contributed by atoms with E-state index in [2.05, 4.69) is 9.94 Å². The normalized spacial score (nSPS) is 10.5. The Hall–Kier alpha value is -0.870. The fourth-order valence-corrected chi connectivity index (χ4v) is 1.06. The zero-order valence-corrected chi connectivity index (χ0v) is 6.87.